The maximum Gasteiger partial charge on any atom is 0.253 e. The van der Waals surface area contributed by atoms with E-state index in [9.17, 15) is 4.79 Å². The lowest BCUT2D eigenvalue weighted by molar-refractivity contribution is 0.0893. The molecule has 8 heteroatoms. The average Bonchev–Trinajstić information content (AvgIpc) is 2.85. The number of anilines is 1. The molecule has 1 aromatic carbocycles. The fourth-order valence-corrected chi connectivity index (χ4v) is 4.66. The fraction of sp³-hybridized carbons (Fsp3) is 0.480. The summed E-state index contributed by atoms with van der Waals surface area (Å²) in [4.78, 5) is 22.0. The number of halogens is 1. The van der Waals surface area contributed by atoms with Gasteiger partial charge >= 0.3 is 0 Å². The predicted molar refractivity (Wildman–Crippen MR) is 129 cm³/mol. The van der Waals surface area contributed by atoms with E-state index in [0.717, 1.165) is 64.2 Å². The highest BCUT2D eigenvalue weighted by Gasteiger charge is 2.24. The number of likely N-dealkylation sites (N-methyl/N-ethyl adjacent to an activating group) is 1. The Kier molecular flexibility index (Phi) is 7.69. The van der Waals surface area contributed by atoms with Gasteiger partial charge in [0.2, 0.25) is 0 Å². The molecular weight excluding hydrogens is 438 g/mol. The molecule has 1 N–H and O–H groups in total. The lowest BCUT2D eigenvalue weighted by Gasteiger charge is -2.34. The summed E-state index contributed by atoms with van der Waals surface area (Å²) >= 11 is 6.09. The van der Waals surface area contributed by atoms with E-state index in [1.807, 2.05) is 12.1 Å². The second-order valence-corrected chi connectivity index (χ2v) is 9.05. The molecule has 33 heavy (non-hydrogen) atoms. The summed E-state index contributed by atoms with van der Waals surface area (Å²) < 4.78 is 6.03. The predicted octanol–water partition coefficient (Wildman–Crippen LogP) is 3.87. The Bertz CT molecular complexity index is 991. The zero-order chi connectivity index (χ0) is 23.2. The van der Waals surface area contributed by atoms with E-state index in [4.69, 9.17) is 21.6 Å². The van der Waals surface area contributed by atoms with Crippen LogP contribution in [0.3, 0.4) is 0 Å². The Morgan fingerprint density at radius 1 is 1.18 bits per heavy atom. The van der Waals surface area contributed by atoms with Crippen molar-refractivity contribution in [3.63, 3.8) is 0 Å². The van der Waals surface area contributed by atoms with Crippen LogP contribution in [-0.4, -0.2) is 60.7 Å². The van der Waals surface area contributed by atoms with Crippen LogP contribution in [0.4, 0.5) is 5.82 Å². The van der Waals surface area contributed by atoms with Crippen LogP contribution in [0, 0.1) is 11.3 Å². The number of benzene rings is 1. The minimum absolute atomic E-state index is 0.0758. The number of nitriles is 1. The number of piperazine rings is 1. The summed E-state index contributed by atoms with van der Waals surface area (Å²) in [6.45, 7) is 7.29. The standard InChI is InChI=1S/C25H30ClN5O2/c1-2-30-11-13-31(14-12-30)24-10-4-19(17-28-24)25(32)29-20-5-8-21(9-6-20)33-22-7-3-18(16-27)23(26)15-22/h3-4,7,10,15,17,20-21H,2,5-6,8-9,11-14H2,1H3,(H,29,32). The van der Waals surface area contributed by atoms with E-state index in [2.05, 4.69) is 33.1 Å². The molecule has 7 nitrogen and oxygen atoms in total. The van der Waals surface area contributed by atoms with Crippen molar-refractivity contribution in [3.8, 4) is 11.8 Å². The number of carbonyl (C=O) groups excluding carboxylic acids is 1. The number of rotatable bonds is 6. The van der Waals surface area contributed by atoms with Crippen molar-refractivity contribution in [1.82, 2.24) is 15.2 Å². The van der Waals surface area contributed by atoms with Crippen LogP contribution in [0.5, 0.6) is 5.75 Å². The summed E-state index contributed by atoms with van der Waals surface area (Å²) in [5.41, 5.74) is 1.04. The third-order valence-corrected chi connectivity index (χ3v) is 6.84. The number of pyridine rings is 1. The number of carbonyl (C=O) groups is 1. The molecule has 1 aliphatic heterocycles. The molecule has 1 saturated carbocycles. The first-order valence-corrected chi connectivity index (χ1v) is 12.0. The largest absolute Gasteiger partial charge is 0.490 e. The average molecular weight is 468 g/mol. The molecule has 0 atom stereocenters. The van der Waals surface area contributed by atoms with E-state index in [-0.39, 0.29) is 18.1 Å². The lowest BCUT2D eigenvalue weighted by atomic mass is 9.92. The summed E-state index contributed by atoms with van der Waals surface area (Å²) in [5.74, 6) is 1.53. The molecule has 1 saturated heterocycles. The van der Waals surface area contributed by atoms with E-state index in [0.29, 0.717) is 21.9 Å². The van der Waals surface area contributed by atoms with Gasteiger partial charge < -0.3 is 19.9 Å². The lowest BCUT2D eigenvalue weighted by Crippen LogP contribution is -2.46. The van der Waals surface area contributed by atoms with Gasteiger partial charge in [-0.05, 0) is 56.5 Å². The molecular formula is C25H30ClN5O2. The molecule has 1 aliphatic carbocycles. The SMILES string of the molecule is CCN1CCN(c2ccc(C(=O)NC3CCC(Oc4ccc(C#N)c(Cl)c4)CC3)cn2)CC1. The molecule has 0 bridgehead atoms. The Hall–Kier alpha value is -2.82. The monoisotopic (exact) mass is 467 g/mol. The summed E-state index contributed by atoms with van der Waals surface area (Å²) in [7, 11) is 0. The number of ether oxygens (including phenoxy) is 1. The van der Waals surface area contributed by atoms with Gasteiger partial charge in [-0.1, -0.05) is 18.5 Å². The minimum Gasteiger partial charge on any atom is -0.490 e. The minimum atomic E-state index is -0.0758. The van der Waals surface area contributed by atoms with Gasteiger partial charge in [0, 0.05) is 44.5 Å². The summed E-state index contributed by atoms with van der Waals surface area (Å²) in [5, 5.41) is 12.5. The summed E-state index contributed by atoms with van der Waals surface area (Å²) in [6, 6.07) is 11.1. The number of hydrogen-bond donors (Lipinski definition) is 1. The van der Waals surface area contributed by atoms with Gasteiger partial charge in [-0.25, -0.2) is 4.98 Å². The molecule has 0 spiro atoms. The Morgan fingerprint density at radius 2 is 1.94 bits per heavy atom. The van der Waals surface area contributed by atoms with Gasteiger partial charge in [0.25, 0.3) is 5.91 Å². The van der Waals surface area contributed by atoms with Crippen LogP contribution >= 0.6 is 11.6 Å². The number of nitrogens with zero attached hydrogens (tertiary/aromatic N) is 4. The van der Waals surface area contributed by atoms with Crippen LogP contribution in [-0.2, 0) is 0 Å². The van der Waals surface area contributed by atoms with Crippen molar-refractivity contribution in [2.24, 2.45) is 0 Å². The molecule has 2 aliphatic rings. The van der Waals surface area contributed by atoms with Gasteiger partial charge in [-0.2, -0.15) is 5.26 Å². The van der Waals surface area contributed by atoms with Gasteiger partial charge in [-0.3, -0.25) is 4.79 Å². The van der Waals surface area contributed by atoms with Gasteiger partial charge in [0.1, 0.15) is 17.6 Å². The summed E-state index contributed by atoms with van der Waals surface area (Å²) in [6.07, 6.45) is 5.17. The van der Waals surface area contributed by atoms with Crippen molar-refractivity contribution in [2.45, 2.75) is 44.8 Å². The molecule has 4 rings (SSSR count). The van der Waals surface area contributed by atoms with Crippen LogP contribution in [0.1, 0.15) is 48.5 Å². The molecule has 2 aromatic rings. The highest BCUT2D eigenvalue weighted by molar-refractivity contribution is 6.31. The topological polar surface area (TPSA) is 81.5 Å². The maximum atomic E-state index is 12.7. The second-order valence-electron chi connectivity index (χ2n) is 8.64. The number of nitrogens with one attached hydrogen (secondary N) is 1. The van der Waals surface area contributed by atoms with Crippen molar-refractivity contribution in [1.29, 1.82) is 5.26 Å². The van der Waals surface area contributed by atoms with E-state index >= 15 is 0 Å². The molecule has 0 radical (unpaired) electrons. The third-order valence-electron chi connectivity index (χ3n) is 6.53. The molecule has 174 valence electrons. The maximum absolute atomic E-state index is 12.7. The van der Waals surface area contributed by atoms with Crippen molar-refractivity contribution < 1.29 is 9.53 Å². The van der Waals surface area contributed by atoms with E-state index < -0.39 is 0 Å². The molecule has 2 fully saturated rings. The van der Waals surface area contributed by atoms with Crippen LogP contribution in [0.15, 0.2) is 36.5 Å². The quantitative estimate of drug-likeness (QED) is 0.694. The van der Waals surface area contributed by atoms with Crippen LogP contribution in [0.2, 0.25) is 5.02 Å². The van der Waals surface area contributed by atoms with Gasteiger partial charge in [-0.15, -0.1) is 0 Å². The van der Waals surface area contributed by atoms with Crippen molar-refractivity contribution >= 4 is 23.3 Å². The highest BCUT2D eigenvalue weighted by atomic mass is 35.5. The zero-order valence-corrected chi connectivity index (χ0v) is 19.7. The number of hydrogen-bond acceptors (Lipinski definition) is 6. The Balaban J connectivity index is 1.24. The normalized spacial score (nSPS) is 21.3. The van der Waals surface area contributed by atoms with Crippen molar-refractivity contribution in [2.75, 3.05) is 37.6 Å². The first-order chi connectivity index (χ1) is 16.1. The fourth-order valence-electron chi connectivity index (χ4n) is 4.45. The highest BCUT2D eigenvalue weighted by Crippen LogP contribution is 2.27. The second kappa shape index (κ2) is 10.9. The van der Waals surface area contributed by atoms with Crippen LogP contribution < -0.4 is 15.0 Å². The van der Waals surface area contributed by atoms with E-state index in [1.54, 1.807) is 24.4 Å². The van der Waals surface area contributed by atoms with E-state index in [1.165, 1.54) is 0 Å². The Labute approximate surface area is 200 Å². The first-order valence-electron chi connectivity index (χ1n) is 11.7. The third kappa shape index (κ3) is 5.95. The first kappa shape index (κ1) is 23.3. The van der Waals surface area contributed by atoms with Gasteiger partial charge in [0.15, 0.2) is 0 Å². The zero-order valence-electron chi connectivity index (χ0n) is 19.0. The van der Waals surface area contributed by atoms with Crippen molar-refractivity contribution in [3.05, 3.63) is 52.7 Å². The molecule has 2 heterocycles. The number of aromatic nitrogens is 1. The molecule has 1 amide bonds. The molecule has 1 aromatic heterocycles. The Morgan fingerprint density at radius 3 is 2.55 bits per heavy atom. The van der Waals surface area contributed by atoms with Crippen LogP contribution in [0.25, 0.3) is 0 Å². The smallest absolute Gasteiger partial charge is 0.253 e. The number of amides is 1. The molecule has 0 unspecified atom stereocenters. The van der Waals surface area contributed by atoms with Gasteiger partial charge in [0.05, 0.1) is 22.3 Å².